The summed E-state index contributed by atoms with van der Waals surface area (Å²) >= 11 is 0. The molecule has 2 amide bonds. The highest BCUT2D eigenvalue weighted by Crippen LogP contribution is 2.32. The number of carbonyl (C=O) groups is 2. The first-order chi connectivity index (χ1) is 19.6. The molecular weight excluding hydrogens is 582 g/mol. The number of hydrogen-bond donors (Lipinski definition) is 3. The lowest BCUT2D eigenvalue weighted by molar-refractivity contribution is -0.144. The number of aryl methyl sites for hydroxylation is 1. The summed E-state index contributed by atoms with van der Waals surface area (Å²) in [5.74, 6) is -3.67. The number of rotatable bonds is 9. The molecule has 1 aliphatic rings. The van der Waals surface area contributed by atoms with Crippen molar-refractivity contribution in [2.45, 2.75) is 89.3 Å². The number of fused-ring (bicyclic) bond motifs is 1. The molecule has 3 N–H and O–H groups in total. The Bertz CT molecular complexity index is 1330. The zero-order valence-corrected chi connectivity index (χ0v) is 22.2. The van der Waals surface area contributed by atoms with Crippen LogP contribution < -0.4 is 10.6 Å². The third kappa shape index (κ3) is 11.6. The van der Waals surface area contributed by atoms with Crippen LogP contribution in [0.5, 0.6) is 0 Å². The largest absolute Gasteiger partial charge is 0.390 e. The molecule has 0 radical (unpaired) electrons. The first-order valence-electron chi connectivity index (χ1n) is 13.0. The first kappa shape index (κ1) is 32.7. The predicted molar refractivity (Wildman–Crippen MR) is 133 cm³/mol. The summed E-state index contributed by atoms with van der Waals surface area (Å²) in [6.07, 6.45) is -8.02. The standard InChI is InChI=1S/C19H19F6N7O2.C6H10F2/c20-18(21,22)4-3-15(33)26-8-11-1-2-12-13(7-11)30-14(29-12)9-27-17(34)16-28-10-32(31-16)6-5-19(23,24)25;7-6(8)4-2-1-3-5-6/h1-2,7,10H,3-6,8-9H2,(H,26,33)(H,27,34)(H,29,30);1-5H2. The van der Waals surface area contributed by atoms with Gasteiger partial charge >= 0.3 is 12.4 Å². The molecule has 1 fully saturated rings. The molecule has 2 heterocycles. The molecule has 42 heavy (non-hydrogen) atoms. The minimum atomic E-state index is -4.40. The van der Waals surface area contributed by atoms with Gasteiger partial charge in [0.15, 0.2) is 0 Å². The zero-order valence-electron chi connectivity index (χ0n) is 22.2. The average molecular weight is 612 g/mol. The molecule has 0 saturated heterocycles. The third-order valence-electron chi connectivity index (χ3n) is 6.09. The van der Waals surface area contributed by atoms with Gasteiger partial charge in [0.1, 0.15) is 12.2 Å². The molecule has 17 heteroatoms. The van der Waals surface area contributed by atoms with E-state index in [9.17, 15) is 44.7 Å². The van der Waals surface area contributed by atoms with Crippen LogP contribution in [0.3, 0.4) is 0 Å². The van der Waals surface area contributed by atoms with Crippen molar-refractivity contribution in [3.05, 3.63) is 41.7 Å². The van der Waals surface area contributed by atoms with E-state index in [0.717, 1.165) is 17.4 Å². The van der Waals surface area contributed by atoms with Crippen LogP contribution in [0, 0.1) is 0 Å². The highest BCUT2D eigenvalue weighted by molar-refractivity contribution is 5.90. The Morgan fingerprint density at radius 2 is 1.64 bits per heavy atom. The molecule has 1 aromatic carbocycles. The summed E-state index contributed by atoms with van der Waals surface area (Å²) < 4.78 is 98.7. The SMILES string of the molecule is FC1(F)CCCCC1.O=C(CCC(F)(F)F)NCc1ccc2nc(CNC(=O)c3ncn(CCC(F)(F)F)n3)[nH]c2c1. The molecule has 0 bridgehead atoms. The Morgan fingerprint density at radius 1 is 0.952 bits per heavy atom. The summed E-state index contributed by atoms with van der Waals surface area (Å²) in [6, 6.07) is 4.94. The van der Waals surface area contributed by atoms with Gasteiger partial charge in [-0.3, -0.25) is 14.3 Å². The fraction of sp³-hybridized carbons (Fsp3) is 0.560. The van der Waals surface area contributed by atoms with E-state index in [1.165, 1.54) is 0 Å². The smallest absolute Gasteiger partial charge is 0.352 e. The van der Waals surface area contributed by atoms with Crippen LogP contribution in [-0.2, 0) is 24.4 Å². The van der Waals surface area contributed by atoms with Crippen LogP contribution in [0.1, 0.15) is 73.4 Å². The summed E-state index contributed by atoms with van der Waals surface area (Å²) in [5, 5.41) is 8.62. The maximum absolute atomic E-state index is 12.3. The Balaban J connectivity index is 0.000000521. The van der Waals surface area contributed by atoms with Crippen molar-refractivity contribution in [1.29, 1.82) is 0 Å². The highest BCUT2D eigenvalue weighted by Gasteiger charge is 2.30. The van der Waals surface area contributed by atoms with Gasteiger partial charge in [-0.2, -0.15) is 26.3 Å². The molecule has 4 rings (SSSR count). The fourth-order valence-corrected chi connectivity index (χ4v) is 3.91. The molecule has 0 aliphatic heterocycles. The second-order valence-corrected chi connectivity index (χ2v) is 9.72. The number of hydrogen-bond acceptors (Lipinski definition) is 5. The lowest BCUT2D eigenvalue weighted by Gasteiger charge is -2.20. The maximum atomic E-state index is 12.3. The zero-order chi connectivity index (χ0) is 31.0. The number of halogens is 8. The van der Waals surface area contributed by atoms with Crippen molar-refractivity contribution < 1.29 is 44.7 Å². The molecule has 3 aromatic rings. The Labute approximate surface area is 234 Å². The number of alkyl halides is 8. The number of carbonyl (C=O) groups excluding carboxylic acids is 2. The van der Waals surface area contributed by atoms with E-state index < -0.39 is 55.9 Å². The molecule has 0 atom stereocenters. The second kappa shape index (κ2) is 13.9. The summed E-state index contributed by atoms with van der Waals surface area (Å²) in [6.45, 7) is -0.479. The molecule has 232 valence electrons. The number of H-pyrrole nitrogens is 1. The van der Waals surface area contributed by atoms with Gasteiger partial charge in [0.05, 0.1) is 37.0 Å². The van der Waals surface area contributed by atoms with E-state index >= 15 is 0 Å². The van der Waals surface area contributed by atoms with E-state index in [2.05, 4.69) is 30.7 Å². The van der Waals surface area contributed by atoms with Gasteiger partial charge in [0.25, 0.3) is 5.91 Å². The van der Waals surface area contributed by atoms with Crippen LogP contribution in [0.2, 0.25) is 0 Å². The minimum absolute atomic E-state index is 0.0282. The normalized spacial score (nSPS) is 15.1. The summed E-state index contributed by atoms with van der Waals surface area (Å²) in [4.78, 5) is 34.6. The van der Waals surface area contributed by atoms with Crippen LogP contribution in [0.4, 0.5) is 35.1 Å². The van der Waals surface area contributed by atoms with Crippen molar-refractivity contribution in [2.75, 3.05) is 0 Å². The fourth-order valence-electron chi connectivity index (χ4n) is 3.91. The molecule has 9 nitrogen and oxygen atoms in total. The van der Waals surface area contributed by atoms with Gasteiger partial charge in [-0.25, -0.2) is 18.7 Å². The Kier molecular flexibility index (Phi) is 10.8. The van der Waals surface area contributed by atoms with Crippen molar-refractivity contribution in [3.8, 4) is 0 Å². The first-order valence-corrected chi connectivity index (χ1v) is 13.0. The monoisotopic (exact) mass is 611 g/mol. The Hall–Kier alpha value is -3.79. The number of aromatic nitrogens is 5. The van der Waals surface area contributed by atoms with Gasteiger partial charge < -0.3 is 15.6 Å². The van der Waals surface area contributed by atoms with Crippen LogP contribution in [0.25, 0.3) is 11.0 Å². The summed E-state index contributed by atoms with van der Waals surface area (Å²) in [5.41, 5.74) is 1.74. The molecule has 1 saturated carbocycles. The van der Waals surface area contributed by atoms with Crippen molar-refractivity contribution in [3.63, 3.8) is 0 Å². The number of imidazole rings is 1. The van der Waals surface area contributed by atoms with Crippen molar-refractivity contribution in [2.24, 2.45) is 0 Å². The van der Waals surface area contributed by atoms with E-state index in [0.29, 0.717) is 35.3 Å². The van der Waals surface area contributed by atoms with E-state index in [4.69, 9.17) is 0 Å². The van der Waals surface area contributed by atoms with Gasteiger partial charge in [-0.05, 0) is 30.5 Å². The molecule has 2 aromatic heterocycles. The number of aromatic amines is 1. The van der Waals surface area contributed by atoms with Gasteiger partial charge in [0, 0.05) is 25.8 Å². The van der Waals surface area contributed by atoms with Crippen LogP contribution in [-0.4, -0.2) is 54.8 Å². The average Bonchev–Trinajstić information content (AvgIpc) is 3.54. The van der Waals surface area contributed by atoms with Crippen molar-refractivity contribution in [1.82, 2.24) is 35.4 Å². The maximum Gasteiger partial charge on any atom is 0.390 e. The Morgan fingerprint density at radius 3 is 2.26 bits per heavy atom. The van der Waals surface area contributed by atoms with Crippen molar-refractivity contribution >= 4 is 22.8 Å². The van der Waals surface area contributed by atoms with Gasteiger partial charge in [0.2, 0.25) is 17.7 Å². The quantitative estimate of drug-likeness (QED) is 0.273. The lowest BCUT2D eigenvalue weighted by Crippen LogP contribution is -2.25. The topological polar surface area (TPSA) is 118 Å². The predicted octanol–water partition coefficient (Wildman–Crippen LogP) is 5.58. The molecule has 1 aliphatic carbocycles. The lowest BCUT2D eigenvalue weighted by atomic mass is 9.97. The number of benzene rings is 1. The van der Waals surface area contributed by atoms with Gasteiger partial charge in [-0.1, -0.05) is 12.5 Å². The molecule has 0 unspecified atom stereocenters. The van der Waals surface area contributed by atoms with Crippen LogP contribution in [0.15, 0.2) is 24.5 Å². The summed E-state index contributed by atoms with van der Waals surface area (Å²) in [7, 11) is 0. The van der Waals surface area contributed by atoms with Gasteiger partial charge in [-0.15, -0.1) is 5.10 Å². The minimum Gasteiger partial charge on any atom is -0.352 e. The molecular formula is C25H29F8N7O2. The van der Waals surface area contributed by atoms with E-state index in [1.807, 2.05) is 0 Å². The highest BCUT2D eigenvalue weighted by atomic mass is 19.4. The molecule has 0 spiro atoms. The third-order valence-corrected chi connectivity index (χ3v) is 6.09. The van der Waals surface area contributed by atoms with E-state index in [1.54, 1.807) is 18.2 Å². The number of amides is 2. The number of nitrogens with zero attached hydrogens (tertiary/aromatic N) is 4. The number of nitrogens with one attached hydrogen (secondary N) is 3. The second-order valence-electron chi connectivity index (χ2n) is 9.72. The van der Waals surface area contributed by atoms with E-state index in [-0.39, 0.29) is 31.8 Å². The van der Waals surface area contributed by atoms with Crippen LogP contribution >= 0.6 is 0 Å².